The van der Waals surface area contributed by atoms with E-state index in [-0.39, 0.29) is 0 Å². The summed E-state index contributed by atoms with van der Waals surface area (Å²) < 4.78 is 0. The molecule has 16 rings (SSSR count). The molecule has 0 saturated carbocycles. The van der Waals surface area contributed by atoms with E-state index in [1.165, 1.54) is 11.1 Å². The van der Waals surface area contributed by atoms with Gasteiger partial charge in [-0.05, 0) is 103 Å². The summed E-state index contributed by atoms with van der Waals surface area (Å²) in [5, 5.41) is 0. The first-order valence-electron chi connectivity index (χ1n) is 21.5. The Balaban J connectivity index is 1.17. The van der Waals surface area contributed by atoms with Crippen molar-refractivity contribution in [2.75, 3.05) is 0 Å². The van der Waals surface area contributed by atoms with Crippen molar-refractivity contribution in [1.29, 1.82) is 0 Å². The Hall–Kier alpha value is -8.44. The fourth-order valence-corrected chi connectivity index (χ4v) is 10.8. The van der Waals surface area contributed by atoms with Gasteiger partial charge >= 0.3 is 0 Å². The molecule has 0 amide bonds. The molecule has 12 aromatic rings. The summed E-state index contributed by atoms with van der Waals surface area (Å²) in [7, 11) is 0. The van der Waals surface area contributed by atoms with Crippen LogP contribution in [0.15, 0.2) is 115 Å². The zero-order valence-electron chi connectivity index (χ0n) is 33.4. The van der Waals surface area contributed by atoms with Crippen LogP contribution in [-0.2, 0) is 19.3 Å². The SMILES string of the molecule is C1=C2CC(=C1)c1ccc3c4nc5c(nc14)c1nc4c(ccc6c4nc1c1nc4c(ccc(c4nc51)-c1ccc([nH]1)Cc1ccc-3[nH]1)-c1ccc([nH]1)Cc1ccc-6[nH]1)-c1ccc([nH]1)C2. The maximum absolute atomic E-state index is 5.72. The second kappa shape index (κ2) is 11.3. The lowest BCUT2D eigenvalue weighted by molar-refractivity contribution is 1.04. The molecular weight excluding hydrogens is 779 g/mol. The molecule has 1 aliphatic carbocycles. The summed E-state index contributed by atoms with van der Waals surface area (Å²) in [6.45, 7) is 0. The first kappa shape index (κ1) is 32.3. The molecule has 0 radical (unpaired) electrons. The minimum Gasteiger partial charge on any atom is -0.358 e. The van der Waals surface area contributed by atoms with Gasteiger partial charge in [-0.3, -0.25) is 0 Å². The highest BCUT2D eigenvalue weighted by atomic mass is 14.9. The molecule has 5 N–H and O–H groups in total. The summed E-state index contributed by atoms with van der Waals surface area (Å²) >= 11 is 0. The van der Waals surface area contributed by atoms with Gasteiger partial charge in [0.1, 0.15) is 33.1 Å². The number of allylic oxidation sites excluding steroid dienone is 4. The van der Waals surface area contributed by atoms with Crippen molar-refractivity contribution >= 4 is 71.8 Å². The van der Waals surface area contributed by atoms with Crippen LogP contribution in [0.5, 0.6) is 0 Å². The van der Waals surface area contributed by atoms with Crippen molar-refractivity contribution < 1.29 is 0 Å². The van der Waals surface area contributed by atoms with Crippen molar-refractivity contribution in [3.05, 3.63) is 149 Å². The number of aromatic nitrogens is 11. The molecule has 0 spiro atoms. The van der Waals surface area contributed by atoms with E-state index in [1.54, 1.807) is 0 Å². The van der Waals surface area contributed by atoms with E-state index in [0.29, 0.717) is 45.9 Å². The third-order valence-corrected chi connectivity index (χ3v) is 13.8. The Morgan fingerprint density at radius 3 is 0.873 bits per heavy atom. The van der Waals surface area contributed by atoms with Crippen LogP contribution in [0.25, 0.3) is 128 Å². The normalized spacial score (nSPS) is 14.6. The molecule has 0 fully saturated rings. The Bertz CT molecular complexity index is 4160. The van der Waals surface area contributed by atoms with Gasteiger partial charge in [0.25, 0.3) is 0 Å². The van der Waals surface area contributed by atoms with Crippen LogP contribution < -0.4 is 0 Å². The van der Waals surface area contributed by atoms with Gasteiger partial charge in [-0.1, -0.05) is 23.8 Å². The average Bonchev–Trinajstić information content (AvgIpc) is 4.17. The minimum absolute atomic E-state index is 0.625. The highest BCUT2D eigenvalue weighted by molar-refractivity contribution is 6.23. The smallest absolute Gasteiger partial charge is 0.120 e. The van der Waals surface area contributed by atoms with Crippen LogP contribution in [0.2, 0.25) is 0 Å². The first-order valence-corrected chi connectivity index (χ1v) is 21.5. The maximum atomic E-state index is 5.72. The molecule has 11 heteroatoms. The summed E-state index contributed by atoms with van der Waals surface area (Å²) in [6, 6.07) is 34.7. The third-order valence-electron chi connectivity index (χ3n) is 13.8. The molecule has 4 aromatic carbocycles. The van der Waals surface area contributed by atoms with E-state index < -0.39 is 0 Å². The molecule has 63 heavy (non-hydrogen) atoms. The second-order valence-electron chi connectivity index (χ2n) is 17.5. The van der Waals surface area contributed by atoms with E-state index in [0.717, 1.165) is 136 Å². The predicted octanol–water partition coefficient (Wildman–Crippen LogP) is 11.0. The van der Waals surface area contributed by atoms with Crippen LogP contribution in [0, 0.1) is 0 Å². The van der Waals surface area contributed by atoms with Gasteiger partial charge in [0.05, 0.1) is 33.1 Å². The van der Waals surface area contributed by atoms with Gasteiger partial charge < -0.3 is 24.9 Å². The van der Waals surface area contributed by atoms with E-state index in [2.05, 4.69) is 134 Å². The first-order chi connectivity index (χ1) is 31.1. The molecule has 0 unspecified atom stereocenters. The zero-order chi connectivity index (χ0) is 40.7. The number of nitrogens with zero attached hydrogens (tertiary/aromatic N) is 6. The fraction of sp³-hybridized carbons (Fsp3) is 0.0769. The van der Waals surface area contributed by atoms with Gasteiger partial charge in [-0.25, -0.2) is 29.9 Å². The summed E-state index contributed by atoms with van der Waals surface area (Å²) in [4.78, 5) is 52.9. The van der Waals surface area contributed by atoms with E-state index in [1.807, 2.05) is 0 Å². The number of hydrogen-bond acceptors (Lipinski definition) is 6. The Kier molecular flexibility index (Phi) is 5.79. The van der Waals surface area contributed by atoms with Crippen LogP contribution in [0.4, 0.5) is 0 Å². The summed E-state index contributed by atoms with van der Waals surface area (Å²) in [5.74, 6) is 0. The molecular formula is C52H31N11. The van der Waals surface area contributed by atoms with Gasteiger partial charge in [0.2, 0.25) is 0 Å². The van der Waals surface area contributed by atoms with Crippen molar-refractivity contribution in [2.24, 2.45) is 0 Å². The standard InChI is InChI=1S/C52H31N11/c1-2-24-19-23(1)20-25-3-14-36(53-25)32-10-11-33-38-16-6-28(56-38)22-29-7-18-40(57-29)35-13-12-34-39-17-5-27(55-39)21-26-4-15-37(54-26)31-9-8-30(24)41-42(31)59-48-47(58-41)49-51(62-44(33)43(32)60-49)52-50(48)61-45(34)46(35)63-52/h1-18,53-57H,19-22H2. The third kappa shape index (κ3) is 4.37. The minimum atomic E-state index is 0.625. The van der Waals surface area contributed by atoms with Gasteiger partial charge in [0.15, 0.2) is 0 Å². The lowest BCUT2D eigenvalue weighted by Crippen LogP contribution is -2.03. The maximum Gasteiger partial charge on any atom is 0.120 e. The van der Waals surface area contributed by atoms with Crippen LogP contribution >= 0.6 is 0 Å². The van der Waals surface area contributed by atoms with Crippen molar-refractivity contribution in [3.63, 3.8) is 0 Å². The fourth-order valence-electron chi connectivity index (χ4n) is 10.8. The molecule has 4 aliphatic rings. The molecule has 0 saturated heterocycles. The topological polar surface area (TPSA) is 156 Å². The molecule has 24 bridgehead atoms. The van der Waals surface area contributed by atoms with Crippen molar-refractivity contribution in [1.82, 2.24) is 54.8 Å². The van der Waals surface area contributed by atoms with Crippen LogP contribution in [0.3, 0.4) is 0 Å². The summed E-state index contributed by atoms with van der Waals surface area (Å²) in [6.07, 6.45) is 7.55. The Labute approximate surface area is 356 Å². The second-order valence-corrected chi connectivity index (χ2v) is 17.5. The van der Waals surface area contributed by atoms with E-state index in [9.17, 15) is 0 Å². The van der Waals surface area contributed by atoms with Crippen molar-refractivity contribution in [3.8, 4) is 56.3 Å². The molecule has 11 nitrogen and oxygen atoms in total. The molecule has 11 heterocycles. The van der Waals surface area contributed by atoms with E-state index >= 15 is 0 Å². The number of hydrogen-bond donors (Lipinski definition) is 5. The molecule has 0 atom stereocenters. The lowest BCUT2D eigenvalue weighted by Gasteiger charge is -2.16. The predicted molar refractivity (Wildman–Crippen MR) is 247 cm³/mol. The number of aromatic amines is 5. The molecule has 294 valence electrons. The van der Waals surface area contributed by atoms with Gasteiger partial charge in [-0.2, -0.15) is 0 Å². The average molecular weight is 810 g/mol. The number of H-pyrrole nitrogens is 5. The Morgan fingerprint density at radius 1 is 0.254 bits per heavy atom. The highest BCUT2D eigenvalue weighted by Gasteiger charge is 2.27. The molecule has 8 aromatic heterocycles. The number of fused-ring (bicyclic) bond motifs is 18. The zero-order valence-corrected chi connectivity index (χ0v) is 33.4. The Morgan fingerprint density at radius 2 is 0.540 bits per heavy atom. The van der Waals surface area contributed by atoms with E-state index in [4.69, 9.17) is 29.9 Å². The monoisotopic (exact) mass is 809 g/mol. The molecule has 3 aliphatic heterocycles. The number of benzene rings is 4. The number of rotatable bonds is 0. The van der Waals surface area contributed by atoms with Crippen LogP contribution in [-0.4, -0.2) is 54.8 Å². The van der Waals surface area contributed by atoms with Crippen molar-refractivity contribution in [2.45, 2.75) is 25.7 Å². The quantitative estimate of drug-likeness (QED) is 0.0758. The highest BCUT2D eigenvalue weighted by Crippen LogP contribution is 2.44. The largest absolute Gasteiger partial charge is 0.358 e. The van der Waals surface area contributed by atoms with Crippen LogP contribution in [0.1, 0.15) is 40.5 Å². The lowest BCUT2D eigenvalue weighted by atomic mass is 9.96. The van der Waals surface area contributed by atoms with Gasteiger partial charge in [-0.15, -0.1) is 0 Å². The summed E-state index contributed by atoms with van der Waals surface area (Å²) in [5.41, 5.74) is 27.3. The van der Waals surface area contributed by atoms with Gasteiger partial charge in [0, 0.05) is 110 Å². The number of nitrogens with one attached hydrogen (secondary N) is 5.